The topological polar surface area (TPSA) is 79.3 Å². The molecule has 0 aliphatic heterocycles. The average molecular weight is 242 g/mol. The SMILES string of the molecule is CC(=O)Nc1nc(CC(C)C)c(C(=O)O)s1. The normalized spacial score (nSPS) is 10.5. The zero-order valence-corrected chi connectivity index (χ0v) is 10.2. The van der Waals surface area contributed by atoms with E-state index in [1.807, 2.05) is 13.8 Å². The molecule has 16 heavy (non-hydrogen) atoms. The number of carbonyl (C=O) groups is 2. The summed E-state index contributed by atoms with van der Waals surface area (Å²) < 4.78 is 0. The van der Waals surface area contributed by atoms with Crippen molar-refractivity contribution in [1.29, 1.82) is 0 Å². The van der Waals surface area contributed by atoms with Crippen molar-refractivity contribution in [3.05, 3.63) is 10.6 Å². The predicted octanol–water partition coefficient (Wildman–Crippen LogP) is 2.00. The third-order valence-corrected chi connectivity index (χ3v) is 2.78. The second-order valence-electron chi connectivity index (χ2n) is 3.88. The van der Waals surface area contributed by atoms with Crippen molar-refractivity contribution in [2.45, 2.75) is 27.2 Å². The van der Waals surface area contributed by atoms with Crippen LogP contribution >= 0.6 is 11.3 Å². The number of nitrogens with one attached hydrogen (secondary N) is 1. The van der Waals surface area contributed by atoms with Crippen molar-refractivity contribution in [1.82, 2.24) is 4.98 Å². The molecule has 1 heterocycles. The minimum Gasteiger partial charge on any atom is -0.477 e. The first kappa shape index (κ1) is 12.6. The molecule has 1 amide bonds. The van der Waals surface area contributed by atoms with E-state index in [1.165, 1.54) is 6.92 Å². The van der Waals surface area contributed by atoms with Gasteiger partial charge in [0, 0.05) is 6.92 Å². The summed E-state index contributed by atoms with van der Waals surface area (Å²) >= 11 is 0.995. The maximum Gasteiger partial charge on any atom is 0.347 e. The van der Waals surface area contributed by atoms with Crippen LogP contribution in [0.2, 0.25) is 0 Å². The fraction of sp³-hybridized carbons (Fsp3) is 0.500. The highest BCUT2D eigenvalue weighted by Crippen LogP contribution is 2.25. The Morgan fingerprint density at radius 2 is 2.12 bits per heavy atom. The number of anilines is 1. The molecule has 0 saturated carbocycles. The van der Waals surface area contributed by atoms with Crippen LogP contribution in [0.4, 0.5) is 5.13 Å². The van der Waals surface area contributed by atoms with Gasteiger partial charge < -0.3 is 10.4 Å². The van der Waals surface area contributed by atoms with Crippen molar-refractivity contribution < 1.29 is 14.7 Å². The Morgan fingerprint density at radius 3 is 2.56 bits per heavy atom. The number of carboxylic acids is 1. The smallest absolute Gasteiger partial charge is 0.347 e. The molecule has 1 aromatic heterocycles. The van der Waals surface area contributed by atoms with Crippen LogP contribution in [-0.2, 0) is 11.2 Å². The first-order valence-electron chi connectivity index (χ1n) is 4.90. The van der Waals surface area contributed by atoms with Crippen LogP contribution < -0.4 is 5.32 Å². The number of nitrogens with zero attached hydrogens (tertiary/aromatic N) is 1. The van der Waals surface area contributed by atoms with E-state index in [1.54, 1.807) is 0 Å². The molecule has 6 heteroatoms. The molecule has 0 saturated heterocycles. The number of carbonyl (C=O) groups excluding carboxylic acids is 1. The number of aromatic carboxylic acids is 1. The molecular formula is C10H14N2O3S. The lowest BCUT2D eigenvalue weighted by atomic mass is 10.1. The van der Waals surface area contributed by atoms with Gasteiger partial charge in [0.2, 0.25) is 5.91 Å². The van der Waals surface area contributed by atoms with Crippen molar-refractivity contribution in [3.8, 4) is 0 Å². The molecular weight excluding hydrogens is 228 g/mol. The van der Waals surface area contributed by atoms with E-state index in [0.717, 1.165) is 11.3 Å². The van der Waals surface area contributed by atoms with Crippen LogP contribution in [-0.4, -0.2) is 22.0 Å². The molecule has 0 aliphatic carbocycles. The minimum absolute atomic E-state index is 0.206. The van der Waals surface area contributed by atoms with Gasteiger partial charge in [-0.1, -0.05) is 25.2 Å². The fourth-order valence-electron chi connectivity index (χ4n) is 1.25. The number of hydrogen-bond acceptors (Lipinski definition) is 4. The van der Waals surface area contributed by atoms with Gasteiger partial charge in [-0.05, 0) is 12.3 Å². The Labute approximate surface area is 97.5 Å². The maximum absolute atomic E-state index is 11.0. The van der Waals surface area contributed by atoms with Gasteiger partial charge >= 0.3 is 5.97 Å². The van der Waals surface area contributed by atoms with Gasteiger partial charge in [-0.25, -0.2) is 9.78 Å². The highest BCUT2D eigenvalue weighted by molar-refractivity contribution is 7.17. The van der Waals surface area contributed by atoms with Gasteiger partial charge in [-0.15, -0.1) is 0 Å². The second-order valence-corrected chi connectivity index (χ2v) is 4.88. The number of thiazole rings is 1. The van der Waals surface area contributed by atoms with Crippen LogP contribution in [0, 0.1) is 5.92 Å². The molecule has 0 radical (unpaired) electrons. The van der Waals surface area contributed by atoms with Crippen LogP contribution in [0.15, 0.2) is 0 Å². The maximum atomic E-state index is 11.0. The lowest BCUT2D eigenvalue weighted by Gasteiger charge is -2.01. The molecule has 1 aromatic rings. The summed E-state index contributed by atoms with van der Waals surface area (Å²) in [5, 5.41) is 11.8. The molecule has 0 aromatic carbocycles. The zero-order valence-electron chi connectivity index (χ0n) is 9.40. The van der Waals surface area contributed by atoms with Crippen LogP contribution in [0.3, 0.4) is 0 Å². The van der Waals surface area contributed by atoms with Crippen molar-refractivity contribution >= 4 is 28.3 Å². The Balaban J connectivity index is 3.00. The third-order valence-electron chi connectivity index (χ3n) is 1.78. The highest BCUT2D eigenvalue weighted by Gasteiger charge is 2.18. The van der Waals surface area contributed by atoms with Crippen molar-refractivity contribution in [3.63, 3.8) is 0 Å². The van der Waals surface area contributed by atoms with Gasteiger partial charge in [0.1, 0.15) is 4.88 Å². The van der Waals surface area contributed by atoms with Gasteiger partial charge in [0.25, 0.3) is 0 Å². The van der Waals surface area contributed by atoms with Crippen LogP contribution in [0.25, 0.3) is 0 Å². The Hall–Kier alpha value is -1.43. The lowest BCUT2D eigenvalue weighted by Crippen LogP contribution is -2.05. The Morgan fingerprint density at radius 1 is 1.50 bits per heavy atom. The Bertz CT molecular complexity index is 412. The molecule has 0 aliphatic rings. The van der Waals surface area contributed by atoms with Crippen LogP contribution in [0.5, 0.6) is 0 Å². The van der Waals surface area contributed by atoms with Crippen molar-refractivity contribution in [2.24, 2.45) is 5.92 Å². The average Bonchev–Trinajstić information content (AvgIpc) is 2.45. The first-order valence-corrected chi connectivity index (χ1v) is 5.72. The summed E-state index contributed by atoms with van der Waals surface area (Å²) in [4.78, 5) is 26.1. The number of carboxylic acid groups (broad SMARTS) is 1. The zero-order chi connectivity index (χ0) is 12.3. The van der Waals surface area contributed by atoms with Gasteiger partial charge in [-0.2, -0.15) is 0 Å². The summed E-state index contributed by atoms with van der Waals surface area (Å²) in [5.74, 6) is -0.920. The molecule has 0 unspecified atom stereocenters. The molecule has 88 valence electrons. The third kappa shape index (κ3) is 3.30. The second kappa shape index (κ2) is 5.07. The molecule has 1 rings (SSSR count). The van der Waals surface area contributed by atoms with E-state index in [4.69, 9.17) is 5.11 Å². The molecule has 2 N–H and O–H groups in total. The summed E-state index contributed by atoms with van der Waals surface area (Å²) in [6.07, 6.45) is 0.595. The van der Waals surface area contributed by atoms with Gasteiger partial charge in [0.05, 0.1) is 5.69 Å². The standard InChI is InChI=1S/C10H14N2O3S/c1-5(2)4-7-8(9(14)15)16-10(12-7)11-6(3)13/h5H,4H2,1-3H3,(H,14,15)(H,11,12,13). The largest absolute Gasteiger partial charge is 0.477 e. The quantitative estimate of drug-likeness (QED) is 0.846. The highest BCUT2D eigenvalue weighted by atomic mass is 32.1. The summed E-state index contributed by atoms with van der Waals surface area (Å²) in [5.41, 5.74) is 0.538. The number of hydrogen-bond donors (Lipinski definition) is 2. The molecule has 5 nitrogen and oxygen atoms in total. The van der Waals surface area contributed by atoms with Crippen LogP contribution in [0.1, 0.15) is 36.1 Å². The number of rotatable bonds is 4. The van der Waals surface area contributed by atoms with E-state index in [2.05, 4.69) is 10.3 Å². The molecule has 0 atom stereocenters. The molecule has 0 fully saturated rings. The predicted molar refractivity (Wildman–Crippen MR) is 61.9 cm³/mol. The van der Waals surface area contributed by atoms with E-state index < -0.39 is 5.97 Å². The number of aromatic nitrogens is 1. The Kier molecular flexibility index (Phi) is 4.00. The van der Waals surface area contributed by atoms with Gasteiger partial charge in [0.15, 0.2) is 5.13 Å². The minimum atomic E-state index is -0.996. The summed E-state index contributed by atoms with van der Waals surface area (Å²) in [6.45, 7) is 5.34. The summed E-state index contributed by atoms with van der Waals surface area (Å²) in [7, 11) is 0. The molecule has 0 spiro atoms. The van der Waals surface area contributed by atoms with Crippen molar-refractivity contribution in [2.75, 3.05) is 5.32 Å². The lowest BCUT2D eigenvalue weighted by molar-refractivity contribution is -0.114. The monoisotopic (exact) mass is 242 g/mol. The summed E-state index contributed by atoms with van der Waals surface area (Å²) in [6, 6.07) is 0. The molecule has 0 bridgehead atoms. The number of amides is 1. The van der Waals surface area contributed by atoms with E-state index in [0.29, 0.717) is 23.2 Å². The van der Waals surface area contributed by atoms with E-state index in [9.17, 15) is 9.59 Å². The van der Waals surface area contributed by atoms with E-state index in [-0.39, 0.29) is 10.8 Å². The van der Waals surface area contributed by atoms with E-state index >= 15 is 0 Å². The first-order chi connectivity index (χ1) is 7.40. The fourth-order valence-corrected chi connectivity index (χ4v) is 2.13. The van der Waals surface area contributed by atoms with Gasteiger partial charge in [-0.3, -0.25) is 4.79 Å².